The Kier molecular flexibility index (Phi) is 8.05. The van der Waals surface area contributed by atoms with Gasteiger partial charge in [-0.3, -0.25) is 9.69 Å². The molecule has 200 valence electrons. The molecule has 0 radical (unpaired) electrons. The third-order valence-electron chi connectivity index (χ3n) is 6.34. The molecule has 1 aromatic carbocycles. The largest absolute Gasteiger partial charge is 0.480 e. The predicted octanol–water partition coefficient (Wildman–Crippen LogP) is 6.15. The fourth-order valence-electron chi connectivity index (χ4n) is 4.88. The number of thiazole rings is 1. The van der Waals surface area contributed by atoms with Crippen molar-refractivity contribution in [2.45, 2.75) is 77.7 Å². The molecule has 38 heavy (non-hydrogen) atoms. The molecule has 2 aliphatic rings. The van der Waals surface area contributed by atoms with Crippen molar-refractivity contribution in [1.29, 1.82) is 5.26 Å². The van der Waals surface area contributed by atoms with Gasteiger partial charge in [0.2, 0.25) is 0 Å². The molecular formula is C29H33N3O5S. The number of hydrogen-bond donors (Lipinski definition) is 1. The molecule has 1 aromatic heterocycles. The van der Waals surface area contributed by atoms with Crippen LogP contribution in [-0.2, 0) is 20.7 Å². The molecular weight excluding hydrogens is 502 g/mol. The van der Waals surface area contributed by atoms with E-state index < -0.39 is 24.2 Å². The van der Waals surface area contributed by atoms with Crippen LogP contribution >= 0.6 is 11.3 Å². The van der Waals surface area contributed by atoms with Gasteiger partial charge >= 0.3 is 12.1 Å². The second-order valence-corrected chi connectivity index (χ2v) is 11.8. The van der Waals surface area contributed by atoms with Crippen LogP contribution in [0.4, 0.5) is 4.79 Å². The topological polar surface area (TPSA) is 113 Å². The molecule has 0 aliphatic heterocycles. The number of fused-ring (bicyclic) bond motifs is 1. The van der Waals surface area contributed by atoms with E-state index in [0.717, 1.165) is 32.1 Å². The van der Waals surface area contributed by atoms with Crippen LogP contribution in [-0.4, -0.2) is 51.4 Å². The van der Waals surface area contributed by atoms with Crippen molar-refractivity contribution in [2.24, 2.45) is 0 Å². The Balaban J connectivity index is 1.61. The van der Waals surface area contributed by atoms with E-state index in [1.165, 1.54) is 4.90 Å². The highest BCUT2D eigenvalue weighted by atomic mass is 32.1. The standard InChI is InChI=1S/C29H33N3O5S/c1-17(2)36-24-12-9-18(13-19(24)14-30)27-31-15-25(38-27)22-8-6-7-21-20(22)10-11-23(21)32(16-26(33)34)28(35)37-29(3,4)5/h6-9,13,15,17,23-24H,10-12,16H2,1-5H3,(H,33,34)/t23-,24?/m0/s1. The zero-order chi connectivity index (χ0) is 27.6. The summed E-state index contributed by atoms with van der Waals surface area (Å²) in [6, 6.07) is 7.81. The maximum atomic E-state index is 12.9. The van der Waals surface area contributed by atoms with Crippen LogP contribution in [0.3, 0.4) is 0 Å². The monoisotopic (exact) mass is 535 g/mol. The molecule has 0 fully saturated rings. The molecule has 4 rings (SSSR count). The molecule has 9 heteroatoms. The highest BCUT2D eigenvalue weighted by Crippen LogP contribution is 2.43. The van der Waals surface area contributed by atoms with E-state index in [0.29, 0.717) is 24.8 Å². The Bertz CT molecular complexity index is 1330. The number of benzene rings is 1. The minimum Gasteiger partial charge on any atom is -0.480 e. The normalized spacial score (nSPS) is 18.9. The Morgan fingerprint density at radius 2 is 2.08 bits per heavy atom. The number of carbonyl (C=O) groups is 2. The summed E-state index contributed by atoms with van der Waals surface area (Å²) in [7, 11) is 0. The van der Waals surface area contributed by atoms with Crippen molar-refractivity contribution in [3.8, 4) is 16.5 Å². The summed E-state index contributed by atoms with van der Waals surface area (Å²) >= 11 is 1.55. The summed E-state index contributed by atoms with van der Waals surface area (Å²) < 4.78 is 11.4. The average molecular weight is 536 g/mol. The summed E-state index contributed by atoms with van der Waals surface area (Å²) in [5, 5.41) is 20.0. The smallest absolute Gasteiger partial charge is 0.411 e. The number of nitriles is 1. The molecule has 0 saturated carbocycles. The van der Waals surface area contributed by atoms with Crippen LogP contribution in [0.5, 0.6) is 0 Å². The first-order valence-corrected chi connectivity index (χ1v) is 13.6. The number of nitrogens with zero attached hydrogens (tertiary/aromatic N) is 3. The molecule has 1 heterocycles. The van der Waals surface area contributed by atoms with Gasteiger partial charge < -0.3 is 14.6 Å². The maximum Gasteiger partial charge on any atom is 0.411 e. The van der Waals surface area contributed by atoms with E-state index in [1.807, 2.05) is 44.3 Å². The van der Waals surface area contributed by atoms with Gasteiger partial charge in [-0.2, -0.15) is 5.26 Å². The maximum absolute atomic E-state index is 12.9. The number of allylic oxidation sites excluding steroid dienone is 2. The SMILES string of the molecule is CC(C)OC1CC=C(c2ncc(-c3cccc4c3CC[C@@H]4N(CC(=O)O)C(=O)OC(C)(C)C)s2)C=C1C#N. The summed E-state index contributed by atoms with van der Waals surface area (Å²) in [6.45, 7) is 8.77. The van der Waals surface area contributed by atoms with Gasteiger partial charge in [0, 0.05) is 11.8 Å². The second-order valence-electron chi connectivity index (χ2n) is 10.7. The van der Waals surface area contributed by atoms with E-state index >= 15 is 0 Å². The number of carboxylic acids is 1. The van der Waals surface area contributed by atoms with Crippen molar-refractivity contribution in [2.75, 3.05) is 6.54 Å². The van der Waals surface area contributed by atoms with Crippen LogP contribution in [0.1, 0.15) is 69.6 Å². The van der Waals surface area contributed by atoms with Crippen molar-refractivity contribution >= 4 is 29.0 Å². The highest BCUT2D eigenvalue weighted by molar-refractivity contribution is 7.16. The molecule has 8 nitrogen and oxygen atoms in total. The third-order valence-corrected chi connectivity index (χ3v) is 7.42. The number of amides is 1. The average Bonchev–Trinajstić information content (AvgIpc) is 3.49. The minimum absolute atomic E-state index is 0.0314. The number of rotatable bonds is 7. The molecule has 1 amide bonds. The lowest BCUT2D eigenvalue weighted by Crippen LogP contribution is -2.41. The predicted molar refractivity (Wildman–Crippen MR) is 145 cm³/mol. The van der Waals surface area contributed by atoms with Gasteiger partial charge in [0.25, 0.3) is 0 Å². The molecule has 0 saturated heterocycles. The lowest BCUT2D eigenvalue weighted by atomic mass is 9.97. The number of aromatic nitrogens is 1. The highest BCUT2D eigenvalue weighted by Gasteiger charge is 2.36. The zero-order valence-corrected chi connectivity index (χ0v) is 23.2. The van der Waals surface area contributed by atoms with E-state index in [2.05, 4.69) is 17.1 Å². The molecule has 0 bridgehead atoms. The number of ether oxygens (including phenoxy) is 2. The fraction of sp³-hybridized carbons (Fsp3) is 0.448. The van der Waals surface area contributed by atoms with E-state index in [-0.39, 0.29) is 18.2 Å². The van der Waals surface area contributed by atoms with Crippen LogP contribution in [0.25, 0.3) is 16.0 Å². The number of carbonyl (C=O) groups excluding carboxylic acids is 1. The van der Waals surface area contributed by atoms with Gasteiger partial charge in [-0.05, 0) is 76.6 Å². The van der Waals surface area contributed by atoms with Gasteiger partial charge in [0.15, 0.2) is 0 Å². The first-order valence-electron chi connectivity index (χ1n) is 12.7. The van der Waals surface area contributed by atoms with Gasteiger partial charge in [0.05, 0.1) is 34.8 Å². The van der Waals surface area contributed by atoms with Crippen LogP contribution in [0, 0.1) is 11.3 Å². The summed E-state index contributed by atoms with van der Waals surface area (Å²) in [5.74, 6) is -1.08. The van der Waals surface area contributed by atoms with Crippen molar-refractivity contribution < 1.29 is 24.2 Å². The van der Waals surface area contributed by atoms with Crippen molar-refractivity contribution in [3.63, 3.8) is 0 Å². The quantitative estimate of drug-likeness (QED) is 0.452. The van der Waals surface area contributed by atoms with Crippen LogP contribution in [0.15, 0.2) is 42.1 Å². The lowest BCUT2D eigenvalue weighted by molar-refractivity contribution is -0.138. The second kappa shape index (κ2) is 11.1. The molecule has 2 aliphatic carbocycles. The van der Waals surface area contributed by atoms with E-state index in [9.17, 15) is 20.0 Å². The summed E-state index contributed by atoms with van der Waals surface area (Å²) in [6.07, 6.45) is 6.85. The number of hydrogen-bond acceptors (Lipinski definition) is 7. The molecule has 1 N–H and O–H groups in total. The number of carboxylic acid groups (broad SMARTS) is 1. The Morgan fingerprint density at radius 3 is 2.74 bits per heavy atom. The van der Waals surface area contributed by atoms with Crippen LogP contribution < -0.4 is 0 Å². The molecule has 2 aromatic rings. The zero-order valence-electron chi connectivity index (χ0n) is 22.4. The van der Waals surface area contributed by atoms with Gasteiger partial charge in [-0.15, -0.1) is 11.3 Å². The lowest BCUT2D eigenvalue weighted by Gasteiger charge is -2.31. The van der Waals surface area contributed by atoms with Gasteiger partial charge in [-0.1, -0.05) is 24.3 Å². The Labute approximate surface area is 227 Å². The van der Waals surface area contributed by atoms with Crippen LogP contribution in [0.2, 0.25) is 0 Å². The molecule has 0 spiro atoms. The Hall–Kier alpha value is -3.48. The first-order chi connectivity index (χ1) is 18.0. The molecule has 1 unspecified atom stereocenters. The summed E-state index contributed by atoms with van der Waals surface area (Å²) in [4.78, 5) is 31.5. The fourth-order valence-corrected chi connectivity index (χ4v) is 5.86. The Morgan fingerprint density at radius 1 is 1.32 bits per heavy atom. The minimum atomic E-state index is -1.08. The molecule has 2 atom stereocenters. The van der Waals surface area contributed by atoms with Gasteiger partial charge in [0.1, 0.15) is 17.2 Å². The van der Waals surface area contributed by atoms with Crippen molar-refractivity contribution in [1.82, 2.24) is 9.88 Å². The number of aliphatic carboxylic acids is 1. The van der Waals surface area contributed by atoms with Crippen molar-refractivity contribution in [3.05, 3.63) is 58.3 Å². The summed E-state index contributed by atoms with van der Waals surface area (Å²) in [5.41, 5.74) is 3.81. The van der Waals surface area contributed by atoms with E-state index in [4.69, 9.17) is 9.47 Å². The first kappa shape index (κ1) is 27.6. The van der Waals surface area contributed by atoms with E-state index in [1.54, 1.807) is 32.1 Å². The third kappa shape index (κ3) is 6.14. The van der Waals surface area contributed by atoms with Gasteiger partial charge in [-0.25, -0.2) is 9.78 Å².